The lowest BCUT2D eigenvalue weighted by Gasteiger charge is -2.28. The highest BCUT2D eigenvalue weighted by molar-refractivity contribution is 6.18. The maximum atomic E-state index is 5.49. The molecule has 0 aromatic carbocycles. The van der Waals surface area contributed by atoms with E-state index in [0.29, 0.717) is 12.6 Å². The molecule has 3 aliphatic rings. The van der Waals surface area contributed by atoms with Gasteiger partial charge in [-0.25, -0.2) is 9.97 Å². The number of nitrogens with zero attached hydrogens (tertiary/aromatic N) is 4. The Hall–Kier alpha value is -2.51. The van der Waals surface area contributed by atoms with Crippen LogP contribution in [0.25, 0.3) is 0 Å². The zero-order valence-electron chi connectivity index (χ0n) is 15.9. The lowest BCUT2D eigenvalue weighted by molar-refractivity contribution is 0.0904. The number of hydrogen-bond acceptors (Lipinski definition) is 7. The van der Waals surface area contributed by atoms with Gasteiger partial charge in [0, 0.05) is 55.9 Å². The molecule has 0 radical (unpaired) electrons. The van der Waals surface area contributed by atoms with Crippen LogP contribution in [0.5, 0.6) is 0 Å². The Morgan fingerprint density at radius 2 is 1.75 bits per heavy atom. The molecule has 1 N–H and O–H groups in total. The minimum atomic E-state index is 0.399. The van der Waals surface area contributed by atoms with Gasteiger partial charge in [-0.15, -0.1) is 0 Å². The second-order valence-corrected chi connectivity index (χ2v) is 7.39. The first kappa shape index (κ1) is 17.6. The molecule has 5 rings (SSSR count). The molecule has 2 aromatic heterocycles. The molecule has 2 fully saturated rings. The van der Waals surface area contributed by atoms with Gasteiger partial charge in [0.2, 0.25) is 0 Å². The molecule has 7 heteroatoms. The molecule has 0 aliphatic carbocycles. The van der Waals surface area contributed by atoms with E-state index in [-0.39, 0.29) is 0 Å². The monoisotopic (exact) mass is 379 g/mol. The normalized spacial score (nSPS) is 20.0. The third-order valence-corrected chi connectivity index (χ3v) is 5.60. The number of nitrogens with one attached hydrogen (secondary N) is 1. The summed E-state index contributed by atoms with van der Waals surface area (Å²) in [7, 11) is 0. The predicted molar refractivity (Wildman–Crippen MR) is 108 cm³/mol. The van der Waals surface area contributed by atoms with Crippen LogP contribution in [0.3, 0.4) is 0 Å². The number of anilines is 2. The fourth-order valence-corrected chi connectivity index (χ4v) is 4.05. The summed E-state index contributed by atoms with van der Waals surface area (Å²) < 4.78 is 11.0. The molecular weight excluding hydrogens is 354 g/mol. The number of ether oxygens (including phenoxy) is 2. The SMILES string of the molecule is c1cc(C2=NCc3ccnc(NC4CCOCC4)c32)cc(N2CCOCC2)n1. The van der Waals surface area contributed by atoms with Crippen molar-refractivity contribution in [3.63, 3.8) is 0 Å². The van der Waals surface area contributed by atoms with Crippen LogP contribution in [0.1, 0.15) is 29.5 Å². The summed E-state index contributed by atoms with van der Waals surface area (Å²) in [5.41, 5.74) is 4.46. The second kappa shape index (κ2) is 7.85. The highest BCUT2D eigenvalue weighted by atomic mass is 16.5. The van der Waals surface area contributed by atoms with Gasteiger partial charge in [0.05, 0.1) is 25.5 Å². The van der Waals surface area contributed by atoms with Gasteiger partial charge in [-0.2, -0.15) is 0 Å². The molecule has 0 bridgehead atoms. The minimum absolute atomic E-state index is 0.399. The van der Waals surface area contributed by atoms with Crippen molar-refractivity contribution in [1.82, 2.24) is 9.97 Å². The largest absolute Gasteiger partial charge is 0.381 e. The molecule has 2 saturated heterocycles. The summed E-state index contributed by atoms with van der Waals surface area (Å²) in [6.07, 6.45) is 5.77. The van der Waals surface area contributed by atoms with Crippen LogP contribution in [-0.2, 0) is 16.0 Å². The van der Waals surface area contributed by atoms with Crippen LogP contribution < -0.4 is 10.2 Å². The van der Waals surface area contributed by atoms with Crippen molar-refractivity contribution in [2.45, 2.75) is 25.4 Å². The van der Waals surface area contributed by atoms with Crippen LogP contribution in [0.4, 0.5) is 11.6 Å². The smallest absolute Gasteiger partial charge is 0.135 e. The molecule has 2 aromatic rings. The van der Waals surface area contributed by atoms with E-state index in [1.165, 1.54) is 5.56 Å². The first-order valence-corrected chi connectivity index (χ1v) is 10.0. The molecule has 0 atom stereocenters. The van der Waals surface area contributed by atoms with Crippen molar-refractivity contribution in [2.24, 2.45) is 4.99 Å². The van der Waals surface area contributed by atoms with E-state index >= 15 is 0 Å². The van der Waals surface area contributed by atoms with Gasteiger partial charge in [0.15, 0.2) is 0 Å². The lowest BCUT2D eigenvalue weighted by atomic mass is 10.0. The van der Waals surface area contributed by atoms with Crippen molar-refractivity contribution >= 4 is 17.3 Å². The van der Waals surface area contributed by atoms with Crippen LogP contribution in [0.15, 0.2) is 35.6 Å². The summed E-state index contributed by atoms with van der Waals surface area (Å²) in [5.74, 6) is 1.92. The van der Waals surface area contributed by atoms with E-state index in [9.17, 15) is 0 Å². The van der Waals surface area contributed by atoms with Crippen LogP contribution in [0.2, 0.25) is 0 Å². The van der Waals surface area contributed by atoms with Gasteiger partial charge in [-0.3, -0.25) is 4.99 Å². The Labute approximate surface area is 164 Å². The molecule has 0 amide bonds. The topological polar surface area (TPSA) is 71.9 Å². The highest BCUT2D eigenvalue weighted by Gasteiger charge is 2.25. The second-order valence-electron chi connectivity index (χ2n) is 7.39. The number of fused-ring (bicyclic) bond motifs is 1. The fraction of sp³-hybridized carbons (Fsp3) is 0.476. The van der Waals surface area contributed by atoms with Crippen LogP contribution in [0, 0.1) is 0 Å². The molecule has 0 saturated carbocycles. The average molecular weight is 379 g/mol. The number of rotatable bonds is 4. The molecule has 5 heterocycles. The van der Waals surface area contributed by atoms with E-state index in [4.69, 9.17) is 14.5 Å². The first-order valence-electron chi connectivity index (χ1n) is 10.0. The van der Waals surface area contributed by atoms with Crippen molar-refractivity contribution in [1.29, 1.82) is 0 Å². The molecule has 28 heavy (non-hydrogen) atoms. The van der Waals surface area contributed by atoms with E-state index in [2.05, 4.69) is 32.3 Å². The summed E-state index contributed by atoms with van der Waals surface area (Å²) in [4.78, 5) is 16.4. The lowest BCUT2D eigenvalue weighted by Crippen LogP contribution is -2.36. The highest BCUT2D eigenvalue weighted by Crippen LogP contribution is 2.30. The van der Waals surface area contributed by atoms with E-state index in [1.807, 2.05) is 18.5 Å². The molecule has 7 nitrogen and oxygen atoms in total. The third-order valence-electron chi connectivity index (χ3n) is 5.60. The van der Waals surface area contributed by atoms with Crippen LogP contribution >= 0.6 is 0 Å². The summed E-state index contributed by atoms with van der Waals surface area (Å²) >= 11 is 0. The zero-order valence-corrected chi connectivity index (χ0v) is 15.9. The Morgan fingerprint density at radius 1 is 0.964 bits per heavy atom. The van der Waals surface area contributed by atoms with Crippen molar-refractivity contribution in [3.05, 3.63) is 47.3 Å². The van der Waals surface area contributed by atoms with Gasteiger partial charge in [0.1, 0.15) is 11.6 Å². The minimum Gasteiger partial charge on any atom is -0.381 e. The number of aliphatic imine (C=N–C) groups is 1. The van der Waals surface area contributed by atoms with Gasteiger partial charge in [-0.05, 0) is 36.6 Å². The van der Waals surface area contributed by atoms with E-state index < -0.39 is 0 Å². The summed E-state index contributed by atoms with van der Waals surface area (Å²) in [6.45, 7) is 5.56. The molecule has 0 unspecified atom stereocenters. The van der Waals surface area contributed by atoms with Crippen molar-refractivity contribution in [2.75, 3.05) is 49.7 Å². The Bertz CT molecular complexity index is 873. The Balaban J connectivity index is 1.44. The van der Waals surface area contributed by atoms with E-state index in [1.54, 1.807) is 0 Å². The third kappa shape index (κ3) is 3.47. The maximum Gasteiger partial charge on any atom is 0.135 e. The Morgan fingerprint density at radius 3 is 2.61 bits per heavy atom. The van der Waals surface area contributed by atoms with Gasteiger partial charge in [0.25, 0.3) is 0 Å². The molecule has 146 valence electrons. The van der Waals surface area contributed by atoms with Gasteiger partial charge >= 0.3 is 0 Å². The molecular formula is C21H25N5O2. The summed E-state index contributed by atoms with van der Waals surface area (Å²) in [5, 5.41) is 3.64. The van der Waals surface area contributed by atoms with Crippen molar-refractivity contribution < 1.29 is 9.47 Å². The predicted octanol–water partition coefficient (Wildman–Crippen LogP) is 2.26. The molecule has 0 spiro atoms. The molecule has 3 aliphatic heterocycles. The summed E-state index contributed by atoms with van der Waals surface area (Å²) in [6, 6.07) is 6.66. The first-order chi connectivity index (χ1) is 13.9. The maximum absolute atomic E-state index is 5.49. The average Bonchev–Trinajstić information content (AvgIpc) is 3.21. The quantitative estimate of drug-likeness (QED) is 0.879. The number of morpholine rings is 1. The van der Waals surface area contributed by atoms with Crippen molar-refractivity contribution in [3.8, 4) is 0 Å². The number of aromatic nitrogens is 2. The number of hydrogen-bond donors (Lipinski definition) is 1. The zero-order chi connectivity index (χ0) is 18.8. The van der Waals surface area contributed by atoms with Gasteiger partial charge < -0.3 is 19.7 Å². The standard InChI is InChI=1S/C21H25N5O2/c1-5-22-18(26-7-11-28-12-8-26)13-15(1)20-19-16(14-24-20)2-6-23-21(19)25-17-3-9-27-10-4-17/h1-2,5-6,13,17H,3-4,7-12,14H2,(H,23,25). The fourth-order valence-electron chi connectivity index (χ4n) is 4.05. The number of pyridine rings is 2. The van der Waals surface area contributed by atoms with E-state index in [0.717, 1.165) is 80.8 Å². The van der Waals surface area contributed by atoms with Gasteiger partial charge in [-0.1, -0.05) is 0 Å². The Kier molecular flexibility index (Phi) is 4.93. The van der Waals surface area contributed by atoms with Crippen LogP contribution in [-0.4, -0.2) is 61.2 Å².